The summed E-state index contributed by atoms with van der Waals surface area (Å²) < 4.78 is 25.4. The van der Waals surface area contributed by atoms with Crippen LogP contribution in [0.15, 0.2) is 24.4 Å². The number of aromatic nitrogens is 2. The molecule has 6 nitrogen and oxygen atoms in total. The summed E-state index contributed by atoms with van der Waals surface area (Å²) in [7, 11) is 0. The van der Waals surface area contributed by atoms with Gasteiger partial charge in [-0.05, 0) is 48.4 Å². The van der Waals surface area contributed by atoms with Crippen molar-refractivity contribution in [3.63, 3.8) is 0 Å². The van der Waals surface area contributed by atoms with E-state index < -0.39 is 23.9 Å². The molecule has 0 unspecified atom stereocenters. The van der Waals surface area contributed by atoms with Gasteiger partial charge in [0, 0.05) is 19.3 Å². The molecule has 0 bridgehead atoms. The first-order chi connectivity index (χ1) is 14.1. The Bertz CT molecular complexity index is 911. The van der Waals surface area contributed by atoms with Crippen LogP contribution in [0.25, 0.3) is 0 Å². The molecule has 3 heterocycles. The summed E-state index contributed by atoms with van der Waals surface area (Å²) in [6.07, 6.45) is -0.566. The summed E-state index contributed by atoms with van der Waals surface area (Å²) in [4.78, 5) is 23.0. The molecule has 2 aromatic rings. The molecule has 30 heavy (non-hydrogen) atoms. The van der Waals surface area contributed by atoms with Crippen LogP contribution in [0.4, 0.5) is 20.3 Å². The number of aliphatic hydroxyl groups excluding tert-OH is 1. The number of carbonyl (C=O) groups is 1. The number of aliphatic hydroxyl groups is 1. The van der Waals surface area contributed by atoms with Crippen LogP contribution in [0.3, 0.4) is 0 Å². The van der Waals surface area contributed by atoms with Gasteiger partial charge in [-0.3, -0.25) is 9.78 Å². The standard InChI is InChI=1S/C22H28F2N4O2/c1-13-10-17-15(26-20(13)27-21(30)18(29)22(2,3)4)6-5-9-28(17)12-14-7-8-16(19(23)24)25-11-14/h7-8,10-11,18-19,29H,5-6,9,12H2,1-4H3,(H,26,27,30)/t18-/m0/s1. The lowest BCUT2D eigenvalue weighted by atomic mass is 9.88. The fraction of sp³-hybridized carbons (Fsp3) is 0.500. The van der Waals surface area contributed by atoms with E-state index in [1.807, 2.05) is 13.0 Å². The molecule has 0 saturated carbocycles. The third-order valence-corrected chi connectivity index (χ3v) is 5.21. The average molecular weight is 418 g/mol. The van der Waals surface area contributed by atoms with E-state index in [4.69, 9.17) is 0 Å². The summed E-state index contributed by atoms with van der Waals surface area (Å²) >= 11 is 0. The van der Waals surface area contributed by atoms with Crippen molar-refractivity contribution in [2.24, 2.45) is 5.41 Å². The van der Waals surface area contributed by atoms with E-state index in [1.54, 1.807) is 26.8 Å². The number of nitrogens with one attached hydrogen (secondary N) is 1. The molecule has 8 heteroatoms. The molecule has 0 aromatic carbocycles. The third kappa shape index (κ3) is 4.92. The zero-order valence-corrected chi connectivity index (χ0v) is 17.7. The van der Waals surface area contributed by atoms with E-state index in [-0.39, 0.29) is 5.69 Å². The SMILES string of the molecule is Cc1cc2c(nc1NC(=O)[C@H](O)C(C)(C)C)CCCN2Cc1ccc(C(F)F)nc1. The molecule has 0 spiro atoms. The van der Waals surface area contributed by atoms with E-state index in [0.29, 0.717) is 12.4 Å². The molecule has 2 aromatic heterocycles. The smallest absolute Gasteiger partial charge is 0.280 e. The number of alkyl halides is 2. The fourth-order valence-electron chi connectivity index (χ4n) is 3.40. The number of nitrogens with zero attached hydrogens (tertiary/aromatic N) is 3. The number of anilines is 2. The minimum Gasteiger partial charge on any atom is -0.383 e. The third-order valence-electron chi connectivity index (χ3n) is 5.21. The largest absolute Gasteiger partial charge is 0.383 e. The van der Waals surface area contributed by atoms with Crippen LogP contribution in [0.2, 0.25) is 0 Å². The minimum absolute atomic E-state index is 0.229. The van der Waals surface area contributed by atoms with Gasteiger partial charge >= 0.3 is 0 Å². The Labute approximate surface area is 175 Å². The van der Waals surface area contributed by atoms with Gasteiger partial charge in [-0.25, -0.2) is 13.8 Å². The zero-order valence-electron chi connectivity index (χ0n) is 17.7. The maximum absolute atomic E-state index is 12.7. The summed E-state index contributed by atoms with van der Waals surface area (Å²) in [6, 6.07) is 5.00. The van der Waals surface area contributed by atoms with Gasteiger partial charge in [0.25, 0.3) is 12.3 Å². The Morgan fingerprint density at radius 2 is 2.07 bits per heavy atom. The second-order valence-electron chi connectivity index (χ2n) is 8.79. The van der Waals surface area contributed by atoms with Gasteiger partial charge in [-0.2, -0.15) is 0 Å². The second kappa shape index (κ2) is 8.63. The van der Waals surface area contributed by atoms with Gasteiger partial charge in [-0.15, -0.1) is 0 Å². The van der Waals surface area contributed by atoms with Crippen LogP contribution in [0, 0.1) is 12.3 Å². The van der Waals surface area contributed by atoms with Crippen LogP contribution in [0.5, 0.6) is 0 Å². The summed E-state index contributed by atoms with van der Waals surface area (Å²) in [5, 5.41) is 13.0. The zero-order chi connectivity index (χ0) is 22.1. The molecule has 0 saturated heterocycles. The van der Waals surface area contributed by atoms with Crippen LogP contribution >= 0.6 is 0 Å². The first-order valence-electron chi connectivity index (χ1n) is 10.0. The van der Waals surface area contributed by atoms with Gasteiger partial charge < -0.3 is 15.3 Å². The Hall–Kier alpha value is -2.61. The van der Waals surface area contributed by atoms with Crippen molar-refractivity contribution in [3.8, 4) is 0 Å². The molecule has 1 aliphatic rings. The molecular weight excluding hydrogens is 390 g/mol. The number of pyridine rings is 2. The summed E-state index contributed by atoms with van der Waals surface area (Å²) in [5.74, 6) is -0.0252. The second-order valence-corrected chi connectivity index (χ2v) is 8.79. The average Bonchev–Trinajstić information content (AvgIpc) is 2.68. The first kappa shape index (κ1) is 22.1. The lowest BCUT2D eigenvalue weighted by Crippen LogP contribution is -2.38. The number of hydrogen-bond donors (Lipinski definition) is 2. The predicted molar refractivity (Wildman–Crippen MR) is 112 cm³/mol. The van der Waals surface area contributed by atoms with Gasteiger partial charge in [0.2, 0.25) is 0 Å². The Balaban J connectivity index is 1.79. The number of hydrogen-bond acceptors (Lipinski definition) is 5. The normalized spacial score (nSPS) is 15.1. The minimum atomic E-state index is -2.58. The summed E-state index contributed by atoms with van der Waals surface area (Å²) in [5.41, 5.74) is 2.66. The lowest BCUT2D eigenvalue weighted by Gasteiger charge is -2.32. The van der Waals surface area contributed by atoms with E-state index in [0.717, 1.165) is 41.9 Å². The highest BCUT2D eigenvalue weighted by atomic mass is 19.3. The molecule has 1 atom stereocenters. The van der Waals surface area contributed by atoms with Gasteiger partial charge in [0.1, 0.15) is 17.6 Å². The maximum Gasteiger partial charge on any atom is 0.280 e. The van der Waals surface area contributed by atoms with Crippen LogP contribution in [0.1, 0.15) is 56.1 Å². The fourth-order valence-corrected chi connectivity index (χ4v) is 3.40. The van der Waals surface area contributed by atoms with E-state index in [2.05, 4.69) is 20.2 Å². The number of aryl methyl sites for hydroxylation is 2. The maximum atomic E-state index is 12.7. The predicted octanol–water partition coefficient (Wildman–Crippen LogP) is 4.02. The molecule has 1 amide bonds. The quantitative estimate of drug-likeness (QED) is 0.767. The van der Waals surface area contributed by atoms with Crippen molar-refractivity contribution >= 4 is 17.4 Å². The van der Waals surface area contributed by atoms with Crippen molar-refractivity contribution < 1.29 is 18.7 Å². The monoisotopic (exact) mass is 418 g/mol. The molecule has 2 N–H and O–H groups in total. The molecule has 0 aliphatic carbocycles. The lowest BCUT2D eigenvalue weighted by molar-refractivity contribution is -0.129. The molecule has 1 aliphatic heterocycles. The topological polar surface area (TPSA) is 78.3 Å². The number of carbonyl (C=O) groups excluding carboxylic acids is 1. The molecule has 0 fully saturated rings. The molecule has 3 rings (SSSR count). The van der Waals surface area contributed by atoms with E-state index in [1.165, 1.54) is 12.3 Å². The van der Waals surface area contributed by atoms with Crippen LogP contribution in [-0.4, -0.2) is 33.6 Å². The highest BCUT2D eigenvalue weighted by Gasteiger charge is 2.30. The van der Waals surface area contributed by atoms with Crippen molar-refractivity contribution in [3.05, 3.63) is 46.9 Å². The number of rotatable bonds is 5. The highest BCUT2D eigenvalue weighted by Crippen LogP contribution is 2.31. The Morgan fingerprint density at radius 1 is 1.33 bits per heavy atom. The van der Waals surface area contributed by atoms with Crippen LogP contribution < -0.4 is 10.2 Å². The van der Waals surface area contributed by atoms with Crippen molar-refractivity contribution in [1.82, 2.24) is 9.97 Å². The Kier molecular flexibility index (Phi) is 6.36. The van der Waals surface area contributed by atoms with Gasteiger partial charge in [0.15, 0.2) is 0 Å². The van der Waals surface area contributed by atoms with Crippen molar-refractivity contribution in [2.45, 2.75) is 59.6 Å². The number of amides is 1. The molecular formula is C22H28F2N4O2. The number of halogens is 2. The first-order valence-corrected chi connectivity index (χ1v) is 10.0. The molecule has 0 radical (unpaired) electrons. The van der Waals surface area contributed by atoms with Crippen molar-refractivity contribution in [1.29, 1.82) is 0 Å². The summed E-state index contributed by atoms with van der Waals surface area (Å²) in [6.45, 7) is 8.61. The highest BCUT2D eigenvalue weighted by molar-refractivity contribution is 5.94. The van der Waals surface area contributed by atoms with Crippen molar-refractivity contribution in [2.75, 3.05) is 16.8 Å². The Morgan fingerprint density at radius 3 is 2.67 bits per heavy atom. The van der Waals surface area contributed by atoms with Gasteiger partial charge in [-0.1, -0.05) is 26.8 Å². The van der Waals surface area contributed by atoms with E-state index >= 15 is 0 Å². The van der Waals surface area contributed by atoms with Gasteiger partial charge in [0.05, 0.1) is 11.4 Å². The van der Waals surface area contributed by atoms with E-state index in [9.17, 15) is 18.7 Å². The van der Waals surface area contributed by atoms with Crippen LogP contribution in [-0.2, 0) is 17.8 Å². The molecule has 162 valence electrons. The number of fused-ring (bicyclic) bond motifs is 1.